The summed E-state index contributed by atoms with van der Waals surface area (Å²) in [5.74, 6) is -2.42. The molecule has 3 N–H and O–H groups in total. The number of carbonyl (C=O) groups is 2. The van der Waals surface area contributed by atoms with E-state index in [0.29, 0.717) is 5.02 Å². The number of amides is 1. The van der Waals surface area contributed by atoms with E-state index in [4.69, 9.17) is 16.3 Å². The van der Waals surface area contributed by atoms with Crippen LogP contribution in [-0.4, -0.2) is 44.2 Å². The van der Waals surface area contributed by atoms with Crippen LogP contribution in [0, 0.1) is 5.82 Å². The summed E-state index contributed by atoms with van der Waals surface area (Å²) in [6.45, 7) is 2.20. The number of hydrogen-bond donors (Lipinski definition) is 3. The van der Waals surface area contributed by atoms with Gasteiger partial charge in [0.15, 0.2) is 6.61 Å². The van der Waals surface area contributed by atoms with Crippen LogP contribution in [0.1, 0.15) is 25.5 Å². The first-order chi connectivity index (χ1) is 14.5. The standard InChI is InChI=1S/C20H22ClFN2O6S/c1-12(14-4-3-5-15(21)10-14)23-18(26)11-30-20(27)19(13(2)25)24-31(28,29)17-8-6-16(22)7-9-17/h3-10,12-13,19,24-25H,11H2,1-2H3,(H,23,26)/t12-,13+,19+/m0/s1. The predicted octanol–water partition coefficient (Wildman–Crippen LogP) is 1.93. The normalized spacial score (nSPS) is 14.4. The molecule has 0 unspecified atom stereocenters. The minimum Gasteiger partial charge on any atom is -0.454 e. The molecule has 0 heterocycles. The third-order valence-electron chi connectivity index (χ3n) is 4.21. The molecule has 0 saturated carbocycles. The van der Waals surface area contributed by atoms with E-state index in [0.717, 1.165) is 29.8 Å². The summed E-state index contributed by atoms with van der Waals surface area (Å²) >= 11 is 5.92. The molecule has 0 aliphatic rings. The van der Waals surface area contributed by atoms with E-state index in [1.807, 2.05) is 4.72 Å². The lowest BCUT2D eigenvalue weighted by Crippen LogP contribution is -2.49. The molecule has 0 bridgehead atoms. The van der Waals surface area contributed by atoms with Gasteiger partial charge in [0.05, 0.1) is 17.0 Å². The lowest BCUT2D eigenvalue weighted by atomic mass is 10.1. The summed E-state index contributed by atoms with van der Waals surface area (Å²) in [5, 5.41) is 12.9. The summed E-state index contributed by atoms with van der Waals surface area (Å²) in [5.41, 5.74) is 0.737. The fraction of sp³-hybridized carbons (Fsp3) is 0.300. The van der Waals surface area contributed by atoms with Crippen molar-refractivity contribution >= 4 is 33.5 Å². The van der Waals surface area contributed by atoms with Crippen LogP contribution in [0.25, 0.3) is 0 Å². The summed E-state index contributed by atoms with van der Waals surface area (Å²) < 4.78 is 44.7. The Balaban J connectivity index is 1.97. The molecule has 0 fully saturated rings. The fourth-order valence-electron chi connectivity index (χ4n) is 2.56. The van der Waals surface area contributed by atoms with Crippen molar-refractivity contribution in [3.05, 3.63) is 64.9 Å². The monoisotopic (exact) mass is 472 g/mol. The molecule has 0 aromatic heterocycles. The van der Waals surface area contributed by atoms with Crippen LogP contribution in [0.5, 0.6) is 0 Å². The summed E-state index contributed by atoms with van der Waals surface area (Å²) in [6, 6.07) is 8.64. The van der Waals surface area contributed by atoms with Gasteiger partial charge in [-0.3, -0.25) is 9.59 Å². The van der Waals surface area contributed by atoms with Gasteiger partial charge in [0.25, 0.3) is 5.91 Å². The maximum atomic E-state index is 13.0. The average molecular weight is 473 g/mol. The second kappa shape index (κ2) is 10.7. The molecule has 0 spiro atoms. The van der Waals surface area contributed by atoms with Crippen molar-refractivity contribution in [3.8, 4) is 0 Å². The molecular formula is C20H22ClFN2O6S. The molecule has 2 rings (SSSR count). The Kier molecular flexibility index (Phi) is 8.52. The zero-order valence-corrected chi connectivity index (χ0v) is 18.3. The molecule has 1 amide bonds. The van der Waals surface area contributed by atoms with Gasteiger partial charge < -0.3 is 15.2 Å². The SMILES string of the molecule is C[C@H](NC(=O)COC(=O)[C@H](NS(=O)(=O)c1ccc(F)cc1)[C@@H](C)O)c1cccc(Cl)c1. The van der Waals surface area contributed by atoms with E-state index in [-0.39, 0.29) is 4.90 Å². The Morgan fingerprint density at radius 1 is 1.16 bits per heavy atom. The summed E-state index contributed by atoms with van der Waals surface area (Å²) in [4.78, 5) is 24.1. The van der Waals surface area contributed by atoms with E-state index in [1.54, 1.807) is 31.2 Å². The van der Waals surface area contributed by atoms with Crippen LogP contribution in [0.15, 0.2) is 53.4 Å². The third kappa shape index (κ3) is 7.28. The van der Waals surface area contributed by atoms with Gasteiger partial charge in [-0.2, -0.15) is 4.72 Å². The zero-order chi connectivity index (χ0) is 23.2. The fourth-order valence-corrected chi connectivity index (χ4v) is 4.02. The molecule has 0 aliphatic heterocycles. The van der Waals surface area contributed by atoms with Crippen LogP contribution in [0.2, 0.25) is 5.02 Å². The highest BCUT2D eigenvalue weighted by Gasteiger charge is 2.31. The van der Waals surface area contributed by atoms with Gasteiger partial charge in [-0.15, -0.1) is 0 Å². The number of carbonyl (C=O) groups excluding carboxylic acids is 2. The van der Waals surface area contributed by atoms with E-state index >= 15 is 0 Å². The van der Waals surface area contributed by atoms with Crippen LogP contribution in [0.4, 0.5) is 4.39 Å². The number of nitrogens with one attached hydrogen (secondary N) is 2. The van der Waals surface area contributed by atoms with Crippen molar-refractivity contribution in [2.45, 2.75) is 36.9 Å². The van der Waals surface area contributed by atoms with Crippen molar-refractivity contribution in [1.29, 1.82) is 0 Å². The van der Waals surface area contributed by atoms with Crippen LogP contribution < -0.4 is 10.0 Å². The first kappa shape index (κ1) is 24.7. The highest BCUT2D eigenvalue weighted by molar-refractivity contribution is 7.89. The van der Waals surface area contributed by atoms with E-state index in [9.17, 15) is 27.5 Å². The molecule has 0 radical (unpaired) electrons. The minimum atomic E-state index is -4.25. The molecule has 3 atom stereocenters. The van der Waals surface area contributed by atoms with Crippen molar-refractivity contribution in [2.24, 2.45) is 0 Å². The van der Waals surface area contributed by atoms with Crippen molar-refractivity contribution in [3.63, 3.8) is 0 Å². The molecular weight excluding hydrogens is 451 g/mol. The number of halogens is 2. The smallest absolute Gasteiger partial charge is 0.327 e. The maximum absolute atomic E-state index is 13.0. The lowest BCUT2D eigenvalue weighted by molar-refractivity contribution is -0.152. The Bertz CT molecular complexity index is 1030. The van der Waals surface area contributed by atoms with Gasteiger partial charge in [0, 0.05) is 5.02 Å². The largest absolute Gasteiger partial charge is 0.454 e. The highest BCUT2D eigenvalue weighted by atomic mass is 35.5. The second-order valence-electron chi connectivity index (χ2n) is 6.75. The number of ether oxygens (including phenoxy) is 1. The van der Waals surface area contributed by atoms with Gasteiger partial charge in [-0.1, -0.05) is 23.7 Å². The minimum absolute atomic E-state index is 0.305. The molecule has 2 aromatic carbocycles. The van der Waals surface area contributed by atoms with Crippen LogP contribution in [-0.2, 0) is 24.3 Å². The number of rotatable bonds is 9. The Morgan fingerprint density at radius 2 is 1.81 bits per heavy atom. The lowest BCUT2D eigenvalue weighted by Gasteiger charge is -2.20. The first-order valence-electron chi connectivity index (χ1n) is 9.17. The van der Waals surface area contributed by atoms with Gasteiger partial charge in [0.2, 0.25) is 10.0 Å². The molecule has 0 aliphatic carbocycles. The van der Waals surface area contributed by atoms with Gasteiger partial charge in [-0.25, -0.2) is 12.8 Å². The topological polar surface area (TPSA) is 122 Å². The highest BCUT2D eigenvalue weighted by Crippen LogP contribution is 2.17. The van der Waals surface area contributed by atoms with E-state index < -0.39 is 52.5 Å². The molecule has 168 valence electrons. The molecule has 2 aromatic rings. The van der Waals surface area contributed by atoms with Gasteiger partial charge >= 0.3 is 5.97 Å². The van der Waals surface area contributed by atoms with Crippen LogP contribution >= 0.6 is 11.6 Å². The third-order valence-corrected chi connectivity index (χ3v) is 5.91. The zero-order valence-electron chi connectivity index (χ0n) is 16.7. The molecule has 11 heteroatoms. The Labute approximate surface area is 184 Å². The van der Waals surface area contributed by atoms with E-state index in [1.165, 1.54) is 6.92 Å². The molecule has 31 heavy (non-hydrogen) atoms. The average Bonchev–Trinajstić information content (AvgIpc) is 2.70. The quantitative estimate of drug-likeness (QED) is 0.479. The number of hydrogen-bond acceptors (Lipinski definition) is 6. The van der Waals surface area contributed by atoms with Crippen molar-refractivity contribution < 1.29 is 32.2 Å². The van der Waals surface area contributed by atoms with E-state index in [2.05, 4.69) is 5.32 Å². The number of aliphatic hydroxyl groups is 1. The molecule has 0 saturated heterocycles. The summed E-state index contributed by atoms with van der Waals surface area (Å²) in [6.07, 6.45) is -1.46. The predicted molar refractivity (Wildman–Crippen MR) is 111 cm³/mol. The summed E-state index contributed by atoms with van der Waals surface area (Å²) in [7, 11) is -4.25. The first-order valence-corrected chi connectivity index (χ1v) is 11.0. The van der Waals surface area contributed by atoms with Crippen molar-refractivity contribution in [2.75, 3.05) is 6.61 Å². The van der Waals surface area contributed by atoms with Crippen molar-refractivity contribution in [1.82, 2.24) is 10.0 Å². The molecule has 8 nitrogen and oxygen atoms in total. The number of esters is 1. The number of sulfonamides is 1. The number of aliphatic hydroxyl groups excluding tert-OH is 1. The number of benzene rings is 2. The van der Waals surface area contributed by atoms with Gasteiger partial charge in [0.1, 0.15) is 11.9 Å². The maximum Gasteiger partial charge on any atom is 0.327 e. The second-order valence-corrected chi connectivity index (χ2v) is 8.90. The van der Waals surface area contributed by atoms with Crippen LogP contribution in [0.3, 0.4) is 0 Å². The Hall–Kier alpha value is -2.53. The Morgan fingerprint density at radius 3 is 2.39 bits per heavy atom. The van der Waals surface area contributed by atoms with Gasteiger partial charge in [-0.05, 0) is 55.8 Å².